The van der Waals surface area contributed by atoms with Crippen LogP contribution < -0.4 is 5.32 Å². The lowest BCUT2D eigenvalue weighted by Gasteiger charge is -2.21. The van der Waals surface area contributed by atoms with E-state index in [9.17, 15) is 0 Å². The highest BCUT2D eigenvalue weighted by Crippen LogP contribution is 2.17. The van der Waals surface area contributed by atoms with E-state index >= 15 is 0 Å². The molecule has 1 N–H and O–H groups in total. The molecular weight excluding hydrogens is 182 g/mol. The van der Waals surface area contributed by atoms with E-state index in [1.165, 1.54) is 37.7 Å². The van der Waals surface area contributed by atoms with Gasteiger partial charge in [-0.25, -0.2) is 0 Å². The lowest BCUT2D eigenvalue weighted by atomic mass is 9.96. The molecule has 0 saturated heterocycles. The Balaban J connectivity index is 1.79. The van der Waals surface area contributed by atoms with Crippen LogP contribution in [0.5, 0.6) is 0 Å². The molecule has 1 saturated carbocycles. The Morgan fingerprint density at radius 1 is 1.00 bits per heavy atom. The maximum absolute atomic E-state index is 3.49. The summed E-state index contributed by atoms with van der Waals surface area (Å²) in [5, 5.41) is 3.49. The predicted molar refractivity (Wildman–Crippen MR) is 65.5 cm³/mol. The van der Waals surface area contributed by atoms with Crippen LogP contribution in [-0.4, -0.2) is 6.04 Å². The van der Waals surface area contributed by atoms with E-state index in [1.54, 1.807) is 0 Å². The highest BCUT2D eigenvalue weighted by atomic mass is 14.9. The van der Waals surface area contributed by atoms with Gasteiger partial charge in [-0.15, -0.1) is 0 Å². The van der Waals surface area contributed by atoms with Gasteiger partial charge >= 0.3 is 0 Å². The molecule has 1 aromatic carbocycles. The van der Waals surface area contributed by atoms with Gasteiger partial charge in [0.15, 0.2) is 0 Å². The molecule has 0 atom stereocenters. The van der Waals surface area contributed by atoms with Crippen molar-refractivity contribution in [2.24, 2.45) is 0 Å². The van der Waals surface area contributed by atoms with Crippen molar-refractivity contribution in [2.75, 3.05) is 0 Å². The highest BCUT2D eigenvalue weighted by molar-refractivity contribution is 5.48. The van der Waals surface area contributed by atoms with E-state index in [-0.39, 0.29) is 0 Å². The summed E-state index contributed by atoms with van der Waals surface area (Å²) in [6, 6.07) is 11.1. The third kappa shape index (κ3) is 3.43. The Morgan fingerprint density at radius 2 is 1.73 bits per heavy atom. The number of nitrogens with one attached hydrogen (secondary N) is 1. The molecule has 15 heavy (non-hydrogen) atoms. The Bertz CT molecular complexity index is 296. The summed E-state index contributed by atoms with van der Waals surface area (Å²) in [6.07, 6.45) is 11.1. The smallest absolute Gasteiger partial charge is 0.0255 e. The lowest BCUT2D eigenvalue weighted by Crippen LogP contribution is -2.26. The van der Waals surface area contributed by atoms with Crippen LogP contribution in [0.3, 0.4) is 0 Å². The molecular formula is C14H19N. The average Bonchev–Trinajstić information content (AvgIpc) is 2.32. The van der Waals surface area contributed by atoms with Crippen molar-refractivity contribution in [1.82, 2.24) is 5.32 Å². The summed E-state index contributed by atoms with van der Waals surface area (Å²) in [5.41, 5.74) is 1.26. The van der Waals surface area contributed by atoms with Crippen molar-refractivity contribution in [3.8, 4) is 0 Å². The summed E-state index contributed by atoms with van der Waals surface area (Å²) in [5.74, 6) is 0. The molecule has 0 amide bonds. The van der Waals surface area contributed by atoms with Crippen molar-refractivity contribution in [2.45, 2.75) is 38.1 Å². The van der Waals surface area contributed by atoms with Crippen molar-refractivity contribution < 1.29 is 0 Å². The van der Waals surface area contributed by atoms with Gasteiger partial charge in [0.25, 0.3) is 0 Å². The first-order chi connectivity index (χ1) is 7.45. The van der Waals surface area contributed by atoms with Crippen LogP contribution in [0.25, 0.3) is 6.08 Å². The maximum atomic E-state index is 3.49. The summed E-state index contributed by atoms with van der Waals surface area (Å²) in [6.45, 7) is 0. The standard InChI is InChI=1S/C14H19N/c1-3-7-13(8-4-1)11-12-15-14-9-5-2-6-10-14/h1,3-4,7-8,11-12,14-15H,2,5-6,9-10H2/b12-11+. The van der Waals surface area contributed by atoms with Gasteiger partial charge in [0.2, 0.25) is 0 Å². The average molecular weight is 201 g/mol. The zero-order chi connectivity index (χ0) is 10.3. The molecule has 1 nitrogen and oxygen atoms in total. The Hall–Kier alpha value is -1.24. The number of rotatable bonds is 3. The van der Waals surface area contributed by atoms with Crippen LogP contribution in [0.15, 0.2) is 36.5 Å². The highest BCUT2D eigenvalue weighted by Gasteiger charge is 2.10. The predicted octanol–water partition coefficient (Wildman–Crippen LogP) is 3.58. The van der Waals surface area contributed by atoms with E-state index in [4.69, 9.17) is 0 Å². The third-order valence-corrected chi connectivity index (χ3v) is 3.01. The quantitative estimate of drug-likeness (QED) is 0.788. The van der Waals surface area contributed by atoms with Gasteiger partial charge in [-0.2, -0.15) is 0 Å². The maximum Gasteiger partial charge on any atom is 0.0255 e. The Morgan fingerprint density at radius 3 is 2.47 bits per heavy atom. The summed E-state index contributed by atoms with van der Waals surface area (Å²) in [4.78, 5) is 0. The second kappa shape index (κ2) is 5.59. The molecule has 1 aromatic rings. The van der Waals surface area contributed by atoms with Crippen LogP contribution >= 0.6 is 0 Å². The minimum absolute atomic E-state index is 0.707. The molecule has 1 heteroatoms. The molecule has 0 radical (unpaired) electrons. The van der Waals surface area contributed by atoms with Crippen molar-refractivity contribution in [1.29, 1.82) is 0 Å². The number of hydrogen-bond acceptors (Lipinski definition) is 1. The minimum atomic E-state index is 0.707. The molecule has 0 aromatic heterocycles. The summed E-state index contributed by atoms with van der Waals surface area (Å²) >= 11 is 0. The normalized spacial score (nSPS) is 18.1. The van der Waals surface area contributed by atoms with Crippen LogP contribution in [0, 0.1) is 0 Å². The molecule has 0 bridgehead atoms. The van der Waals surface area contributed by atoms with Gasteiger partial charge in [0.1, 0.15) is 0 Å². The molecule has 1 aliphatic carbocycles. The minimum Gasteiger partial charge on any atom is -0.388 e. The van der Waals surface area contributed by atoms with Gasteiger partial charge < -0.3 is 5.32 Å². The first-order valence-electron chi connectivity index (χ1n) is 5.93. The molecule has 0 heterocycles. The van der Waals surface area contributed by atoms with Crippen molar-refractivity contribution in [3.05, 3.63) is 42.1 Å². The molecule has 1 fully saturated rings. The summed E-state index contributed by atoms with van der Waals surface area (Å²) < 4.78 is 0. The van der Waals surface area contributed by atoms with E-state index < -0.39 is 0 Å². The molecule has 0 unspecified atom stereocenters. The number of benzene rings is 1. The fraction of sp³-hybridized carbons (Fsp3) is 0.429. The fourth-order valence-electron chi connectivity index (χ4n) is 2.11. The summed E-state index contributed by atoms with van der Waals surface area (Å²) in [7, 11) is 0. The Kier molecular flexibility index (Phi) is 3.84. The van der Waals surface area contributed by atoms with Gasteiger partial charge in [0.05, 0.1) is 0 Å². The molecule has 0 spiro atoms. The van der Waals surface area contributed by atoms with E-state index in [0.29, 0.717) is 6.04 Å². The Labute approximate surface area is 92.2 Å². The van der Waals surface area contributed by atoms with Gasteiger partial charge in [-0.05, 0) is 30.7 Å². The second-order valence-electron chi connectivity index (χ2n) is 4.25. The van der Waals surface area contributed by atoms with Crippen LogP contribution in [0.1, 0.15) is 37.7 Å². The fourth-order valence-corrected chi connectivity index (χ4v) is 2.11. The van der Waals surface area contributed by atoms with Gasteiger partial charge in [-0.3, -0.25) is 0 Å². The number of hydrogen-bond donors (Lipinski definition) is 1. The van der Waals surface area contributed by atoms with Crippen LogP contribution in [0.2, 0.25) is 0 Å². The third-order valence-electron chi connectivity index (χ3n) is 3.01. The van der Waals surface area contributed by atoms with E-state index in [1.807, 2.05) is 6.07 Å². The largest absolute Gasteiger partial charge is 0.388 e. The van der Waals surface area contributed by atoms with E-state index in [0.717, 1.165) is 0 Å². The van der Waals surface area contributed by atoms with E-state index in [2.05, 4.69) is 41.9 Å². The first kappa shape index (κ1) is 10.3. The van der Waals surface area contributed by atoms with Gasteiger partial charge in [-0.1, -0.05) is 49.6 Å². The SMILES string of the molecule is C(=C\c1ccccc1)/NC1CCCCC1. The molecule has 1 aliphatic rings. The van der Waals surface area contributed by atoms with Crippen LogP contribution in [-0.2, 0) is 0 Å². The zero-order valence-electron chi connectivity index (χ0n) is 9.15. The lowest BCUT2D eigenvalue weighted by molar-refractivity contribution is 0.405. The zero-order valence-corrected chi connectivity index (χ0v) is 9.15. The second-order valence-corrected chi connectivity index (χ2v) is 4.25. The van der Waals surface area contributed by atoms with Gasteiger partial charge in [0, 0.05) is 6.04 Å². The molecule has 80 valence electrons. The monoisotopic (exact) mass is 201 g/mol. The van der Waals surface area contributed by atoms with Crippen molar-refractivity contribution in [3.63, 3.8) is 0 Å². The topological polar surface area (TPSA) is 12.0 Å². The molecule has 0 aliphatic heterocycles. The molecule has 2 rings (SSSR count). The van der Waals surface area contributed by atoms with Crippen molar-refractivity contribution >= 4 is 6.08 Å². The van der Waals surface area contributed by atoms with Crippen LogP contribution in [0.4, 0.5) is 0 Å². The first-order valence-corrected chi connectivity index (χ1v) is 5.93.